The first-order valence-corrected chi connectivity index (χ1v) is 12.7. The van der Waals surface area contributed by atoms with Gasteiger partial charge in [-0.15, -0.1) is 0 Å². The van der Waals surface area contributed by atoms with E-state index in [4.69, 9.17) is 0 Å². The molecule has 0 N–H and O–H groups in total. The van der Waals surface area contributed by atoms with Crippen molar-refractivity contribution in [2.24, 2.45) is 0 Å². The molecule has 0 saturated heterocycles. The molecule has 37 heavy (non-hydrogen) atoms. The fourth-order valence-corrected chi connectivity index (χ4v) is 5.46. The zero-order valence-electron chi connectivity index (χ0n) is 20.4. The minimum Gasteiger partial charge on any atom is -0.309 e. The molecule has 0 atom stereocenters. The first kappa shape index (κ1) is 21.4. The number of hydrogen-bond donors (Lipinski definition) is 0. The van der Waals surface area contributed by atoms with Gasteiger partial charge in [-0.2, -0.15) is 0 Å². The van der Waals surface area contributed by atoms with Crippen LogP contribution in [0.4, 0.5) is 0 Å². The molecule has 7 rings (SSSR count). The van der Waals surface area contributed by atoms with Crippen molar-refractivity contribution in [3.63, 3.8) is 0 Å². The first-order valence-electron chi connectivity index (χ1n) is 12.7. The molecule has 1 nitrogen and oxygen atoms in total. The van der Waals surface area contributed by atoms with Gasteiger partial charge in [0.2, 0.25) is 0 Å². The van der Waals surface area contributed by atoms with Crippen molar-refractivity contribution in [3.05, 3.63) is 152 Å². The lowest BCUT2D eigenvalue weighted by atomic mass is 9.94. The molecule has 0 amide bonds. The summed E-state index contributed by atoms with van der Waals surface area (Å²) in [6.45, 7) is 0. The number of benzene rings is 6. The van der Waals surface area contributed by atoms with E-state index in [9.17, 15) is 0 Å². The van der Waals surface area contributed by atoms with Gasteiger partial charge >= 0.3 is 0 Å². The summed E-state index contributed by atoms with van der Waals surface area (Å²) in [5.41, 5.74) is 11.0. The lowest BCUT2D eigenvalue weighted by molar-refractivity contribution is 1.18. The SMILES string of the molecule is c1ccc(-c2ccc3c(c2)c2ccccc2n3-c2ccc(-c3ccccc3-c3ccccc3)cc2)cc1. The Morgan fingerprint density at radius 2 is 0.838 bits per heavy atom. The molecule has 7 aromatic rings. The summed E-state index contributed by atoms with van der Waals surface area (Å²) < 4.78 is 2.38. The molecular formula is C36H25N. The standard InChI is InChI=1S/C36H25N/c1-3-11-26(12-4-1)29-21-24-36-34(25-29)33-17-9-10-18-35(33)37(36)30-22-19-28(20-23-30)32-16-8-7-15-31(32)27-13-5-2-6-14-27/h1-25H. The monoisotopic (exact) mass is 471 g/mol. The summed E-state index contributed by atoms with van der Waals surface area (Å²) in [5, 5.41) is 2.55. The van der Waals surface area contributed by atoms with Crippen molar-refractivity contribution in [2.75, 3.05) is 0 Å². The molecular weight excluding hydrogens is 446 g/mol. The van der Waals surface area contributed by atoms with Gasteiger partial charge in [0.25, 0.3) is 0 Å². The van der Waals surface area contributed by atoms with Gasteiger partial charge in [0.05, 0.1) is 11.0 Å². The second-order valence-corrected chi connectivity index (χ2v) is 9.41. The maximum Gasteiger partial charge on any atom is 0.0541 e. The average Bonchev–Trinajstić information content (AvgIpc) is 3.32. The number of rotatable bonds is 4. The molecule has 0 spiro atoms. The molecule has 0 aliphatic rings. The minimum absolute atomic E-state index is 1.17. The fourth-order valence-electron chi connectivity index (χ4n) is 5.46. The van der Waals surface area contributed by atoms with Crippen LogP contribution in [-0.2, 0) is 0 Å². The number of aromatic nitrogens is 1. The maximum atomic E-state index is 2.38. The van der Waals surface area contributed by atoms with Crippen LogP contribution in [0.3, 0.4) is 0 Å². The zero-order chi connectivity index (χ0) is 24.6. The van der Waals surface area contributed by atoms with E-state index in [0.717, 1.165) is 0 Å². The van der Waals surface area contributed by atoms with Crippen molar-refractivity contribution in [3.8, 4) is 39.1 Å². The van der Waals surface area contributed by atoms with Gasteiger partial charge in [0, 0.05) is 16.5 Å². The van der Waals surface area contributed by atoms with Crippen LogP contribution in [0.1, 0.15) is 0 Å². The molecule has 0 aliphatic carbocycles. The highest BCUT2D eigenvalue weighted by Gasteiger charge is 2.14. The maximum absolute atomic E-state index is 2.38. The number of nitrogens with zero attached hydrogens (tertiary/aromatic N) is 1. The molecule has 0 aliphatic heterocycles. The number of para-hydroxylation sites is 1. The van der Waals surface area contributed by atoms with Crippen LogP contribution < -0.4 is 0 Å². The molecule has 6 aromatic carbocycles. The summed E-state index contributed by atoms with van der Waals surface area (Å²) in [4.78, 5) is 0. The van der Waals surface area contributed by atoms with E-state index in [2.05, 4.69) is 156 Å². The molecule has 1 heteroatoms. The molecule has 174 valence electrons. The Labute approximate surface area is 216 Å². The van der Waals surface area contributed by atoms with E-state index >= 15 is 0 Å². The molecule has 1 aromatic heterocycles. The highest BCUT2D eigenvalue weighted by molar-refractivity contribution is 6.10. The van der Waals surface area contributed by atoms with Crippen LogP contribution in [0.5, 0.6) is 0 Å². The number of fused-ring (bicyclic) bond motifs is 3. The second kappa shape index (κ2) is 8.96. The Hall–Kier alpha value is -4.88. The summed E-state index contributed by atoms with van der Waals surface area (Å²) in [6.07, 6.45) is 0. The summed E-state index contributed by atoms with van der Waals surface area (Å²) in [5.74, 6) is 0. The second-order valence-electron chi connectivity index (χ2n) is 9.41. The Morgan fingerprint density at radius 1 is 0.324 bits per heavy atom. The lowest BCUT2D eigenvalue weighted by Gasteiger charge is -2.12. The molecule has 1 heterocycles. The molecule has 0 fully saturated rings. The van der Waals surface area contributed by atoms with E-state index in [-0.39, 0.29) is 0 Å². The van der Waals surface area contributed by atoms with Gasteiger partial charge in [0.15, 0.2) is 0 Å². The lowest BCUT2D eigenvalue weighted by Crippen LogP contribution is -1.94. The van der Waals surface area contributed by atoms with Crippen LogP contribution in [-0.4, -0.2) is 4.57 Å². The first-order chi connectivity index (χ1) is 18.4. The van der Waals surface area contributed by atoms with Crippen molar-refractivity contribution in [1.29, 1.82) is 0 Å². The van der Waals surface area contributed by atoms with Gasteiger partial charge in [-0.3, -0.25) is 0 Å². The van der Waals surface area contributed by atoms with Gasteiger partial charge in [-0.1, -0.05) is 121 Å². The Kier molecular flexibility index (Phi) is 5.19. The van der Waals surface area contributed by atoms with Crippen molar-refractivity contribution in [1.82, 2.24) is 4.57 Å². The third-order valence-corrected chi connectivity index (χ3v) is 7.23. The van der Waals surface area contributed by atoms with Gasteiger partial charge in [0.1, 0.15) is 0 Å². The van der Waals surface area contributed by atoms with E-state index in [1.54, 1.807) is 0 Å². The normalized spacial score (nSPS) is 11.2. The van der Waals surface area contributed by atoms with E-state index in [1.807, 2.05) is 0 Å². The largest absolute Gasteiger partial charge is 0.309 e. The van der Waals surface area contributed by atoms with Crippen molar-refractivity contribution in [2.45, 2.75) is 0 Å². The molecule has 0 bridgehead atoms. The van der Waals surface area contributed by atoms with Crippen LogP contribution >= 0.6 is 0 Å². The average molecular weight is 472 g/mol. The summed E-state index contributed by atoms with van der Waals surface area (Å²) in [7, 11) is 0. The van der Waals surface area contributed by atoms with Crippen LogP contribution in [0, 0.1) is 0 Å². The van der Waals surface area contributed by atoms with Crippen LogP contribution in [0.2, 0.25) is 0 Å². The molecule has 0 saturated carbocycles. The predicted molar refractivity (Wildman–Crippen MR) is 157 cm³/mol. The molecule has 0 radical (unpaired) electrons. The smallest absolute Gasteiger partial charge is 0.0541 e. The van der Waals surface area contributed by atoms with Crippen molar-refractivity contribution < 1.29 is 0 Å². The highest BCUT2D eigenvalue weighted by Crippen LogP contribution is 2.36. The Bertz CT molecular complexity index is 1840. The van der Waals surface area contributed by atoms with E-state index in [0.29, 0.717) is 0 Å². The predicted octanol–water partition coefficient (Wildman–Crippen LogP) is 9.78. The van der Waals surface area contributed by atoms with E-state index in [1.165, 1.54) is 60.9 Å². The third kappa shape index (κ3) is 3.73. The van der Waals surface area contributed by atoms with Gasteiger partial charge < -0.3 is 4.57 Å². The van der Waals surface area contributed by atoms with Gasteiger partial charge in [-0.25, -0.2) is 0 Å². The third-order valence-electron chi connectivity index (χ3n) is 7.23. The Morgan fingerprint density at radius 3 is 1.54 bits per heavy atom. The van der Waals surface area contributed by atoms with Crippen LogP contribution in [0.25, 0.3) is 60.9 Å². The summed E-state index contributed by atoms with van der Waals surface area (Å²) in [6, 6.07) is 54.4. The van der Waals surface area contributed by atoms with E-state index < -0.39 is 0 Å². The zero-order valence-corrected chi connectivity index (χ0v) is 20.4. The van der Waals surface area contributed by atoms with Crippen LogP contribution in [0.15, 0.2) is 152 Å². The van der Waals surface area contributed by atoms with Crippen molar-refractivity contribution >= 4 is 21.8 Å². The van der Waals surface area contributed by atoms with Gasteiger partial charge in [-0.05, 0) is 63.7 Å². The fraction of sp³-hybridized carbons (Fsp3) is 0. The minimum atomic E-state index is 1.17. The Balaban J connectivity index is 1.36. The molecule has 0 unspecified atom stereocenters. The quantitative estimate of drug-likeness (QED) is 0.241. The summed E-state index contributed by atoms with van der Waals surface area (Å²) >= 11 is 0. The number of hydrogen-bond acceptors (Lipinski definition) is 0. The highest BCUT2D eigenvalue weighted by atomic mass is 15.0. The topological polar surface area (TPSA) is 4.93 Å².